The molecule has 1 atom stereocenters. The highest BCUT2D eigenvalue weighted by molar-refractivity contribution is 7.91. The highest BCUT2D eigenvalue weighted by atomic mass is 32.2. The molecule has 0 heterocycles. The third-order valence-corrected chi connectivity index (χ3v) is 4.33. The van der Waals surface area contributed by atoms with E-state index in [4.69, 9.17) is 0 Å². The van der Waals surface area contributed by atoms with Gasteiger partial charge in [-0.3, -0.25) is 0 Å². The van der Waals surface area contributed by atoms with Crippen molar-refractivity contribution in [2.24, 2.45) is 5.92 Å². The van der Waals surface area contributed by atoms with E-state index in [-0.39, 0.29) is 0 Å². The fourth-order valence-electron chi connectivity index (χ4n) is 1.37. The molecule has 0 saturated carbocycles. The Labute approximate surface area is 101 Å². The zero-order valence-electron chi connectivity index (χ0n) is 11.1. The maximum absolute atomic E-state index is 11.7. The molecule has 0 aromatic rings. The first-order valence-electron chi connectivity index (χ1n) is 6.31. The second kappa shape index (κ2) is 8.07. The molecule has 98 valence electrons. The van der Waals surface area contributed by atoms with E-state index in [9.17, 15) is 8.42 Å². The summed E-state index contributed by atoms with van der Waals surface area (Å²) in [6.45, 7) is 9.24. The molecule has 1 N–H and O–H groups in total. The van der Waals surface area contributed by atoms with Crippen LogP contribution >= 0.6 is 0 Å². The van der Waals surface area contributed by atoms with E-state index in [0.717, 1.165) is 25.8 Å². The second-order valence-electron chi connectivity index (χ2n) is 4.98. The van der Waals surface area contributed by atoms with E-state index in [1.807, 2.05) is 6.92 Å². The average Bonchev–Trinajstić information content (AvgIpc) is 2.21. The van der Waals surface area contributed by atoms with Crippen molar-refractivity contribution in [2.75, 3.05) is 18.1 Å². The summed E-state index contributed by atoms with van der Waals surface area (Å²) in [4.78, 5) is 0. The van der Waals surface area contributed by atoms with Gasteiger partial charge in [-0.15, -0.1) is 0 Å². The minimum absolute atomic E-state index is 0.300. The highest BCUT2D eigenvalue weighted by Gasteiger charge is 2.13. The smallest absolute Gasteiger partial charge is 0.150 e. The molecule has 0 rings (SSSR count). The Morgan fingerprint density at radius 3 is 2.12 bits per heavy atom. The average molecular weight is 249 g/mol. The summed E-state index contributed by atoms with van der Waals surface area (Å²) in [5, 5.41) is 3.31. The first-order chi connectivity index (χ1) is 7.37. The van der Waals surface area contributed by atoms with Crippen LogP contribution in [0.15, 0.2) is 0 Å². The van der Waals surface area contributed by atoms with Gasteiger partial charge in [0.25, 0.3) is 0 Å². The Hall–Kier alpha value is -0.0900. The zero-order valence-corrected chi connectivity index (χ0v) is 11.9. The van der Waals surface area contributed by atoms with Crippen LogP contribution in [0, 0.1) is 5.92 Å². The maximum Gasteiger partial charge on any atom is 0.150 e. The summed E-state index contributed by atoms with van der Waals surface area (Å²) in [5.41, 5.74) is 0. The van der Waals surface area contributed by atoms with Crippen molar-refractivity contribution in [1.82, 2.24) is 5.32 Å². The van der Waals surface area contributed by atoms with Crippen LogP contribution in [0.5, 0.6) is 0 Å². The molecular weight excluding hydrogens is 222 g/mol. The van der Waals surface area contributed by atoms with Crippen LogP contribution in [0.25, 0.3) is 0 Å². The van der Waals surface area contributed by atoms with E-state index in [1.54, 1.807) is 0 Å². The number of sulfone groups is 1. The lowest BCUT2D eigenvalue weighted by atomic mass is 10.2. The molecule has 0 bridgehead atoms. The fraction of sp³-hybridized carbons (Fsp3) is 1.00. The van der Waals surface area contributed by atoms with Crippen LogP contribution in [0.4, 0.5) is 0 Å². The Morgan fingerprint density at radius 2 is 1.62 bits per heavy atom. The standard InChI is InChI=1S/C12H27NO2S/c1-5-8-13-12(4)7-10-16(14,15)9-6-11(2)3/h11-13H,5-10H2,1-4H3. The van der Waals surface area contributed by atoms with Crippen molar-refractivity contribution in [2.45, 2.75) is 53.0 Å². The van der Waals surface area contributed by atoms with Crippen LogP contribution in [-0.2, 0) is 9.84 Å². The van der Waals surface area contributed by atoms with E-state index in [2.05, 4.69) is 26.1 Å². The number of hydrogen-bond donors (Lipinski definition) is 1. The minimum atomic E-state index is -2.84. The van der Waals surface area contributed by atoms with E-state index in [0.29, 0.717) is 23.5 Å². The van der Waals surface area contributed by atoms with E-state index in [1.165, 1.54) is 0 Å². The highest BCUT2D eigenvalue weighted by Crippen LogP contribution is 2.05. The molecule has 0 radical (unpaired) electrons. The molecule has 4 heteroatoms. The summed E-state index contributed by atoms with van der Waals surface area (Å²) in [6.07, 6.45) is 2.59. The summed E-state index contributed by atoms with van der Waals surface area (Å²) in [7, 11) is -2.84. The molecule has 0 aromatic carbocycles. The first kappa shape index (κ1) is 15.9. The second-order valence-corrected chi connectivity index (χ2v) is 7.28. The Kier molecular flexibility index (Phi) is 8.02. The Bertz CT molecular complexity index is 260. The third kappa shape index (κ3) is 9.16. The molecule has 0 aliphatic rings. The van der Waals surface area contributed by atoms with Crippen LogP contribution < -0.4 is 5.32 Å². The van der Waals surface area contributed by atoms with Crippen molar-refractivity contribution in [3.05, 3.63) is 0 Å². The van der Waals surface area contributed by atoms with Crippen LogP contribution in [0.3, 0.4) is 0 Å². The van der Waals surface area contributed by atoms with Gasteiger partial charge in [0.1, 0.15) is 9.84 Å². The molecule has 0 fully saturated rings. The summed E-state index contributed by atoms with van der Waals surface area (Å²) in [6, 6.07) is 0.300. The number of nitrogens with one attached hydrogen (secondary N) is 1. The molecule has 0 aliphatic carbocycles. The molecular formula is C12H27NO2S. The van der Waals surface area contributed by atoms with Crippen molar-refractivity contribution in [3.8, 4) is 0 Å². The van der Waals surface area contributed by atoms with Crippen molar-refractivity contribution in [1.29, 1.82) is 0 Å². The van der Waals surface area contributed by atoms with E-state index >= 15 is 0 Å². The minimum Gasteiger partial charge on any atom is -0.314 e. The zero-order chi connectivity index (χ0) is 12.6. The lowest BCUT2D eigenvalue weighted by molar-refractivity contribution is 0.523. The predicted octanol–water partition coefficient (Wildman–Crippen LogP) is 2.23. The predicted molar refractivity (Wildman–Crippen MR) is 70.5 cm³/mol. The lowest BCUT2D eigenvalue weighted by Crippen LogP contribution is -2.29. The molecule has 1 unspecified atom stereocenters. The molecule has 0 aliphatic heterocycles. The van der Waals surface area contributed by atoms with Gasteiger partial charge in [0.15, 0.2) is 0 Å². The van der Waals surface area contributed by atoms with Crippen LogP contribution in [0.1, 0.15) is 47.0 Å². The van der Waals surface area contributed by atoms with Gasteiger partial charge in [-0.2, -0.15) is 0 Å². The first-order valence-corrected chi connectivity index (χ1v) is 8.13. The van der Waals surface area contributed by atoms with Gasteiger partial charge < -0.3 is 5.32 Å². The van der Waals surface area contributed by atoms with Gasteiger partial charge >= 0.3 is 0 Å². The van der Waals surface area contributed by atoms with Crippen LogP contribution in [0.2, 0.25) is 0 Å². The molecule has 0 amide bonds. The van der Waals surface area contributed by atoms with Crippen molar-refractivity contribution in [3.63, 3.8) is 0 Å². The Balaban J connectivity index is 3.81. The quantitative estimate of drug-likeness (QED) is 0.681. The van der Waals surface area contributed by atoms with Crippen molar-refractivity contribution >= 4 is 9.84 Å². The van der Waals surface area contributed by atoms with Crippen LogP contribution in [-0.4, -0.2) is 32.5 Å². The normalized spacial score (nSPS) is 14.3. The summed E-state index contributed by atoms with van der Waals surface area (Å²) < 4.78 is 23.4. The third-order valence-electron chi connectivity index (χ3n) is 2.61. The van der Waals surface area contributed by atoms with Gasteiger partial charge in [0, 0.05) is 6.04 Å². The van der Waals surface area contributed by atoms with E-state index < -0.39 is 9.84 Å². The largest absolute Gasteiger partial charge is 0.314 e. The van der Waals surface area contributed by atoms with Gasteiger partial charge in [0.05, 0.1) is 11.5 Å². The molecule has 3 nitrogen and oxygen atoms in total. The number of rotatable bonds is 9. The molecule has 0 spiro atoms. The maximum atomic E-state index is 11.7. The van der Waals surface area contributed by atoms with Crippen molar-refractivity contribution < 1.29 is 8.42 Å². The lowest BCUT2D eigenvalue weighted by Gasteiger charge is -2.13. The summed E-state index contributed by atoms with van der Waals surface area (Å²) >= 11 is 0. The van der Waals surface area contributed by atoms with Gasteiger partial charge in [-0.05, 0) is 38.6 Å². The SMILES string of the molecule is CCCNC(C)CCS(=O)(=O)CCC(C)C. The molecule has 0 aromatic heterocycles. The van der Waals surface area contributed by atoms with Gasteiger partial charge in [-0.1, -0.05) is 20.8 Å². The Morgan fingerprint density at radius 1 is 1.06 bits per heavy atom. The summed E-state index contributed by atoms with van der Waals surface area (Å²) in [5.74, 6) is 1.12. The number of hydrogen-bond acceptors (Lipinski definition) is 3. The topological polar surface area (TPSA) is 46.2 Å². The molecule has 0 saturated heterocycles. The fourth-order valence-corrected chi connectivity index (χ4v) is 3.11. The molecule has 16 heavy (non-hydrogen) atoms. The van der Waals surface area contributed by atoms with Gasteiger partial charge in [-0.25, -0.2) is 8.42 Å². The van der Waals surface area contributed by atoms with Gasteiger partial charge in [0.2, 0.25) is 0 Å². The monoisotopic (exact) mass is 249 g/mol.